The number of hydrogen-bond acceptors (Lipinski definition) is 2. The van der Waals surface area contributed by atoms with Crippen LogP contribution in [0, 0.1) is 5.92 Å². The highest BCUT2D eigenvalue weighted by atomic mass is 16.2. The van der Waals surface area contributed by atoms with Crippen LogP contribution in [0.5, 0.6) is 0 Å². The Bertz CT molecular complexity index is 462. The average Bonchev–Trinajstić information content (AvgIpc) is 2.61. The lowest BCUT2D eigenvalue weighted by Crippen LogP contribution is -2.47. The minimum atomic E-state index is 0.180. The normalized spacial score (nSPS) is 23.2. The van der Waals surface area contributed by atoms with E-state index in [1.165, 1.54) is 37.7 Å². The van der Waals surface area contributed by atoms with Gasteiger partial charge in [0.15, 0.2) is 0 Å². The maximum atomic E-state index is 13.1. The topological polar surface area (TPSA) is 32.3 Å². The van der Waals surface area contributed by atoms with E-state index < -0.39 is 0 Å². The molecule has 1 heterocycles. The van der Waals surface area contributed by atoms with Crippen LogP contribution in [0.3, 0.4) is 0 Å². The van der Waals surface area contributed by atoms with Gasteiger partial charge >= 0.3 is 0 Å². The number of carbonyl (C=O) groups excluding carboxylic acids is 1. The van der Waals surface area contributed by atoms with Gasteiger partial charge in [0.05, 0.1) is 5.92 Å². The second-order valence-electron chi connectivity index (χ2n) is 6.79. The largest absolute Gasteiger partial charge is 0.335 e. The fraction of sp³-hybridized carbons (Fsp3) is 0.632. The summed E-state index contributed by atoms with van der Waals surface area (Å²) in [7, 11) is 0. The Morgan fingerprint density at radius 3 is 2.50 bits per heavy atom. The molecule has 0 aromatic heterocycles. The van der Waals surface area contributed by atoms with Crippen molar-refractivity contribution in [3.05, 3.63) is 35.9 Å². The van der Waals surface area contributed by atoms with Crippen molar-refractivity contribution in [1.82, 2.24) is 10.2 Å². The van der Waals surface area contributed by atoms with Crippen molar-refractivity contribution < 1.29 is 4.79 Å². The summed E-state index contributed by atoms with van der Waals surface area (Å²) in [6.07, 6.45) is 8.40. The molecule has 2 fully saturated rings. The number of amides is 1. The maximum absolute atomic E-state index is 13.1. The molecule has 22 heavy (non-hydrogen) atoms. The lowest BCUT2D eigenvalue weighted by Gasteiger charge is -2.37. The van der Waals surface area contributed by atoms with Crippen LogP contribution in [0.2, 0.25) is 0 Å². The third kappa shape index (κ3) is 3.89. The highest BCUT2D eigenvalue weighted by Crippen LogP contribution is 2.26. The first-order chi connectivity index (χ1) is 10.8. The first-order valence-electron chi connectivity index (χ1n) is 8.90. The van der Waals surface area contributed by atoms with Gasteiger partial charge in [0.25, 0.3) is 0 Å². The molecule has 1 aliphatic heterocycles. The molecule has 1 aliphatic carbocycles. The second kappa shape index (κ2) is 7.77. The third-order valence-corrected chi connectivity index (χ3v) is 5.14. The van der Waals surface area contributed by atoms with Crippen LogP contribution >= 0.6 is 0 Å². The summed E-state index contributed by atoms with van der Waals surface area (Å²) in [6.45, 7) is 2.70. The summed E-state index contributed by atoms with van der Waals surface area (Å²) in [5.74, 6) is 0.558. The van der Waals surface area contributed by atoms with Gasteiger partial charge in [-0.1, -0.05) is 49.6 Å². The number of piperidine rings is 1. The zero-order chi connectivity index (χ0) is 15.2. The first kappa shape index (κ1) is 15.5. The van der Waals surface area contributed by atoms with Crippen LogP contribution in [0.1, 0.15) is 50.5 Å². The summed E-state index contributed by atoms with van der Waals surface area (Å²) in [6, 6.07) is 10.9. The van der Waals surface area contributed by atoms with E-state index in [1.54, 1.807) is 0 Å². The predicted molar refractivity (Wildman–Crippen MR) is 89.5 cm³/mol. The summed E-state index contributed by atoms with van der Waals surface area (Å²) in [4.78, 5) is 15.3. The predicted octanol–water partition coefficient (Wildman–Crippen LogP) is 3.35. The molecule has 1 aromatic carbocycles. The van der Waals surface area contributed by atoms with E-state index in [0.717, 1.165) is 32.5 Å². The molecular formula is C19H28N2O. The van der Waals surface area contributed by atoms with E-state index in [4.69, 9.17) is 0 Å². The molecule has 1 N–H and O–H groups in total. The Kier molecular flexibility index (Phi) is 5.49. The molecule has 1 aromatic rings. The fourth-order valence-corrected chi connectivity index (χ4v) is 3.86. The molecule has 120 valence electrons. The molecule has 1 atom stereocenters. The van der Waals surface area contributed by atoms with Crippen LogP contribution in [0.4, 0.5) is 0 Å². The number of rotatable bonds is 4. The molecule has 1 saturated heterocycles. The van der Waals surface area contributed by atoms with Crippen molar-refractivity contribution in [2.45, 2.75) is 57.5 Å². The second-order valence-corrected chi connectivity index (χ2v) is 6.79. The average molecular weight is 300 g/mol. The van der Waals surface area contributed by atoms with Gasteiger partial charge in [0, 0.05) is 19.1 Å². The molecule has 3 rings (SSSR count). The van der Waals surface area contributed by atoms with E-state index >= 15 is 0 Å². The molecule has 1 saturated carbocycles. The standard InChI is InChI=1S/C19H28N2O/c22-19(17-10-7-13-20-14-17)21(18-11-5-2-6-12-18)15-16-8-3-1-4-9-16/h1,3-4,8-9,17-18,20H,2,5-7,10-15H2. The Labute approximate surface area is 134 Å². The first-order valence-corrected chi connectivity index (χ1v) is 8.90. The SMILES string of the molecule is O=C(C1CCCNC1)N(Cc1ccccc1)C1CCCCC1. The summed E-state index contributed by atoms with van der Waals surface area (Å²) in [5, 5.41) is 3.39. The van der Waals surface area contributed by atoms with Gasteiger partial charge in [-0.05, 0) is 37.8 Å². The highest BCUT2D eigenvalue weighted by molar-refractivity contribution is 5.79. The summed E-state index contributed by atoms with van der Waals surface area (Å²) >= 11 is 0. The minimum absolute atomic E-state index is 0.180. The molecule has 3 nitrogen and oxygen atoms in total. The van der Waals surface area contributed by atoms with E-state index in [-0.39, 0.29) is 5.92 Å². The molecule has 3 heteroatoms. The number of carbonyl (C=O) groups is 1. The van der Waals surface area contributed by atoms with Crippen LogP contribution in [-0.4, -0.2) is 29.9 Å². The van der Waals surface area contributed by atoms with E-state index in [2.05, 4.69) is 34.5 Å². The molecule has 0 bridgehead atoms. The van der Waals surface area contributed by atoms with Gasteiger partial charge in [-0.3, -0.25) is 4.79 Å². The minimum Gasteiger partial charge on any atom is -0.335 e. The van der Waals surface area contributed by atoms with E-state index in [9.17, 15) is 4.79 Å². The molecule has 0 radical (unpaired) electrons. The van der Waals surface area contributed by atoms with Gasteiger partial charge in [-0.2, -0.15) is 0 Å². The molecule has 0 spiro atoms. The lowest BCUT2D eigenvalue weighted by atomic mass is 9.91. The van der Waals surface area contributed by atoms with Gasteiger partial charge in [-0.15, -0.1) is 0 Å². The van der Waals surface area contributed by atoms with Gasteiger partial charge in [0.2, 0.25) is 5.91 Å². The van der Waals surface area contributed by atoms with Crippen LogP contribution in [0.25, 0.3) is 0 Å². The van der Waals surface area contributed by atoms with Crippen molar-refractivity contribution >= 4 is 5.91 Å². The Morgan fingerprint density at radius 1 is 1.05 bits per heavy atom. The van der Waals surface area contributed by atoms with Crippen molar-refractivity contribution in [3.8, 4) is 0 Å². The van der Waals surface area contributed by atoms with Gasteiger partial charge in [0.1, 0.15) is 0 Å². The van der Waals surface area contributed by atoms with Gasteiger partial charge < -0.3 is 10.2 Å². The quantitative estimate of drug-likeness (QED) is 0.925. The summed E-state index contributed by atoms with van der Waals surface area (Å²) < 4.78 is 0. The Morgan fingerprint density at radius 2 is 1.82 bits per heavy atom. The molecular weight excluding hydrogens is 272 g/mol. The monoisotopic (exact) mass is 300 g/mol. The molecule has 2 aliphatic rings. The van der Waals surface area contributed by atoms with Crippen LogP contribution in [-0.2, 0) is 11.3 Å². The molecule has 1 amide bonds. The zero-order valence-electron chi connectivity index (χ0n) is 13.5. The van der Waals surface area contributed by atoms with Crippen molar-refractivity contribution in [2.24, 2.45) is 5.92 Å². The van der Waals surface area contributed by atoms with E-state index in [1.807, 2.05) is 6.07 Å². The third-order valence-electron chi connectivity index (χ3n) is 5.14. The molecule has 1 unspecified atom stereocenters. The number of benzene rings is 1. The number of nitrogens with zero attached hydrogens (tertiary/aromatic N) is 1. The van der Waals surface area contributed by atoms with Crippen molar-refractivity contribution in [3.63, 3.8) is 0 Å². The lowest BCUT2D eigenvalue weighted by molar-refractivity contribution is -0.140. The van der Waals surface area contributed by atoms with Crippen LogP contribution in [0.15, 0.2) is 30.3 Å². The number of nitrogens with one attached hydrogen (secondary N) is 1. The van der Waals surface area contributed by atoms with Gasteiger partial charge in [-0.25, -0.2) is 0 Å². The van der Waals surface area contributed by atoms with Crippen molar-refractivity contribution in [2.75, 3.05) is 13.1 Å². The maximum Gasteiger partial charge on any atom is 0.227 e. The zero-order valence-corrected chi connectivity index (χ0v) is 13.5. The summed E-state index contributed by atoms with van der Waals surface area (Å²) in [5.41, 5.74) is 1.25. The Balaban J connectivity index is 1.73. The fourth-order valence-electron chi connectivity index (χ4n) is 3.86. The van der Waals surface area contributed by atoms with Crippen molar-refractivity contribution in [1.29, 1.82) is 0 Å². The smallest absolute Gasteiger partial charge is 0.227 e. The van der Waals surface area contributed by atoms with Crippen LogP contribution < -0.4 is 5.32 Å². The van der Waals surface area contributed by atoms with E-state index in [0.29, 0.717) is 11.9 Å². The number of hydrogen-bond donors (Lipinski definition) is 1. The highest BCUT2D eigenvalue weighted by Gasteiger charge is 2.31. The Hall–Kier alpha value is -1.35.